The molecule has 0 aliphatic carbocycles. The maximum atomic E-state index is 12.2. The number of thiophene rings is 1. The molecule has 1 aliphatic rings. The number of amides is 1. The standard InChI is InChI=1S/C13H17NO3S2/c1-2-9-3-4-10(19-9)11(15)14-13(12(16)17)5-7-18-8-6-13/h3-4H,2,5-8H2,1H3,(H,14,15)(H,16,17). The molecule has 19 heavy (non-hydrogen) atoms. The zero-order valence-corrected chi connectivity index (χ0v) is 12.4. The SMILES string of the molecule is CCc1ccc(C(=O)NC2(C(=O)O)CCSCC2)s1. The van der Waals surface area contributed by atoms with Crippen molar-refractivity contribution in [2.24, 2.45) is 0 Å². The summed E-state index contributed by atoms with van der Waals surface area (Å²) in [6, 6.07) is 3.69. The summed E-state index contributed by atoms with van der Waals surface area (Å²) < 4.78 is 0. The minimum absolute atomic E-state index is 0.265. The second-order valence-electron chi connectivity index (χ2n) is 4.57. The van der Waals surface area contributed by atoms with Gasteiger partial charge in [-0.25, -0.2) is 4.79 Å². The Bertz CT molecular complexity index is 478. The molecule has 2 heterocycles. The zero-order valence-electron chi connectivity index (χ0n) is 10.8. The van der Waals surface area contributed by atoms with Gasteiger partial charge in [0.2, 0.25) is 0 Å². The number of hydrogen-bond acceptors (Lipinski definition) is 4. The van der Waals surface area contributed by atoms with Crippen LogP contribution in [0.3, 0.4) is 0 Å². The van der Waals surface area contributed by atoms with Gasteiger partial charge in [-0.05, 0) is 42.9 Å². The third kappa shape index (κ3) is 3.12. The summed E-state index contributed by atoms with van der Waals surface area (Å²) in [6.45, 7) is 2.03. The number of carboxylic acids is 1. The molecular formula is C13H17NO3S2. The molecular weight excluding hydrogens is 282 g/mol. The van der Waals surface area contributed by atoms with E-state index in [1.165, 1.54) is 11.3 Å². The average Bonchev–Trinajstić information content (AvgIpc) is 2.88. The molecule has 4 nitrogen and oxygen atoms in total. The van der Waals surface area contributed by atoms with E-state index in [9.17, 15) is 14.7 Å². The summed E-state index contributed by atoms with van der Waals surface area (Å²) >= 11 is 3.16. The number of carbonyl (C=O) groups is 2. The smallest absolute Gasteiger partial charge is 0.329 e. The molecule has 1 aromatic rings. The molecule has 2 rings (SSSR count). The lowest BCUT2D eigenvalue weighted by molar-refractivity contribution is -0.144. The molecule has 1 fully saturated rings. The van der Waals surface area contributed by atoms with Gasteiger partial charge in [0.1, 0.15) is 5.54 Å². The molecule has 0 radical (unpaired) electrons. The summed E-state index contributed by atoms with van der Waals surface area (Å²) in [5.41, 5.74) is -1.08. The Balaban J connectivity index is 2.12. The normalized spacial score (nSPS) is 17.9. The van der Waals surface area contributed by atoms with Crippen LogP contribution in [-0.2, 0) is 11.2 Å². The lowest BCUT2D eigenvalue weighted by Crippen LogP contribution is -2.56. The molecule has 0 atom stereocenters. The first-order valence-corrected chi connectivity index (χ1v) is 8.27. The first-order valence-electron chi connectivity index (χ1n) is 6.30. The summed E-state index contributed by atoms with van der Waals surface area (Å²) in [5, 5.41) is 12.2. The van der Waals surface area contributed by atoms with Crippen LogP contribution in [0.2, 0.25) is 0 Å². The first-order chi connectivity index (χ1) is 9.07. The van der Waals surface area contributed by atoms with Crippen molar-refractivity contribution in [2.45, 2.75) is 31.7 Å². The van der Waals surface area contributed by atoms with Gasteiger partial charge in [0.15, 0.2) is 0 Å². The molecule has 1 saturated heterocycles. The van der Waals surface area contributed by atoms with E-state index in [2.05, 4.69) is 5.32 Å². The topological polar surface area (TPSA) is 66.4 Å². The molecule has 0 spiro atoms. The van der Waals surface area contributed by atoms with E-state index in [1.54, 1.807) is 17.8 Å². The minimum Gasteiger partial charge on any atom is -0.480 e. The van der Waals surface area contributed by atoms with Gasteiger partial charge in [0.25, 0.3) is 5.91 Å². The lowest BCUT2D eigenvalue weighted by atomic mass is 9.92. The Morgan fingerprint density at radius 3 is 2.58 bits per heavy atom. The van der Waals surface area contributed by atoms with Gasteiger partial charge < -0.3 is 10.4 Å². The molecule has 1 aliphatic heterocycles. The summed E-state index contributed by atoms with van der Waals surface area (Å²) in [5.74, 6) is 0.362. The number of thioether (sulfide) groups is 1. The quantitative estimate of drug-likeness (QED) is 0.896. The van der Waals surface area contributed by atoms with E-state index in [4.69, 9.17) is 0 Å². The van der Waals surface area contributed by atoms with Gasteiger partial charge >= 0.3 is 5.97 Å². The zero-order chi connectivity index (χ0) is 13.9. The van der Waals surface area contributed by atoms with Crippen LogP contribution < -0.4 is 5.32 Å². The highest BCUT2D eigenvalue weighted by atomic mass is 32.2. The van der Waals surface area contributed by atoms with Crippen molar-refractivity contribution in [3.05, 3.63) is 21.9 Å². The van der Waals surface area contributed by atoms with Crippen LogP contribution in [0, 0.1) is 0 Å². The second kappa shape index (κ2) is 5.96. The van der Waals surface area contributed by atoms with Crippen molar-refractivity contribution < 1.29 is 14.7 Å². The second-order valence-corrected chi connectivity index (χ2v) is 6.97. The Kier molecular flexibility index (Phi) is 4.52. The van der Waals surface area contributed by atoms with Crippen molar-refractivity contribution in [1.29, 1.82) is 0 Å². The maximum Gasteiger partial charge on any atom is 0.329 e. The number of nitrogens with one attached hydrogen (secondary N) is 1. The number of rotatable bonds is 4. The molecule has 0 bridgehead atoms. The lowest BCUT2D eigenvalue weighted by Gasteiger charge is -2.33. The fraction of sp³-hybridized carbons (Fsp3) is 0.538. The number of carbonyl (C=O) groups excluding carboxylic acids is 1. The largest absolute Gasteiger partial charge is 0.480 e. The van der Waals surface area contributed by atoms with Gasteiger partial charge in [0.05, 0.1) is 4.88 Å². The molecule has 0 saturated carbocycles. The molecule has 104 valence electrons. The van der Waals surface area contributed by atoms with E-state index in [-0.39, 0.29) is 5.91 Å². The number of hydrogen-bond donors (Lipinski definition) is 2. The summed E-state index contributed by atoms with van der Waals surface area (Å²) in [4.78, 5) is 25.4. The van der Waals surface area contributed by atoms with Gasteiger partial charge in [-0.3, -0.25) is 4.79 Å². The van der Waals surface area contributed by atoms with E-state index >= 15 is 0 Å². The monoisotopic (exact) mass is 299 g/mol. The van der Waals surface area contributed by atoms with Gasteiger partial charge in [-0.1, -0.05) is 6.92 Å². The summed E-state index contributed by atoms with van der Waals surface area (Å²) in [6.07, 6.45) is 1.87. The Morgan fingerprint density at radius 2 is 2.05 bits per heavy atom. The number of carboxylic acid groups (broad SMARTS) is 1. The minimum atomic E-state index is -1.08. The Hall–Kier alpha value is -1.01. The van der Waals surface area contributed by atoms with Gasteiger partial charge in [-0.2, -0.15) is 11.8 Å². The summed E-state index contributed by atoms with van der Waals surface area (Å²) in [7, 11) is 0. The van der Waals surface area contributed by atoms with Gasteiger partial charge in [0, 0.05) is 4.88 Å². The molecule has 1 aromatic heterocycles. The van der Waals surface area contributed by atoms with Crippen molar-refractivity contribution in [2.75, 3.05) is 11.5 Å². The van der Waals surface area contributed by atoms with Crippen LogP contribution in [0.4, 0.5) is 0 Å². The van der Waals surface area contributed by atoms with E-state index in [0.29, 0.717) is 17.7 Å². The maximum absolute atomic E-state index is 12.2. The van der Waals surface area contributed by atoms with Crippen molar-refractivity contribution in [3.8, 4) is 0 Å². The molecule has 2 N–H and O–H groups in total. The van der Waals surface area contributed by atoms with Crippen molar-refractivity contribution in [3.63, 3.8) is 0 Å². The fourth-order valence-electron chi connectivity index (χ4n) is 2.08. The third-order valence-electron chi connectivity index (χ3n) is 3.34. The van der Waals surface area contributed by atoms with E-state index < -0.39 is 11.5 Å². The van der Waals surface area contributed by atoms with Crippen molar-refractivity contribution >= 4 is 35.0 Å². The van der Waals surface area contributed by atoms with Crippen LogP contribution >= 0.6 is 23.1 Å². The highest BCUT2D eigenvalue weighted by Crippen LogP contribution is 2.28. The van der Waals surface area contributed by atoms with E-state index in [0.717, 1.165) is 22.8 Å². The predicted molar refractivity (Wildman–Crippen MR) is 78.1 cm³/mol. The van der Waals surface area contributed by atoms with Crippen LogP contribution in [-0.4, -0.2) is 34.0 Å². The molecule has 1 amide bonds. The third-order valence-corrected chi connectivity index (χ3v) is 5.56. The molecule has 0 aromatic carbocycles. The predicted octanol–water partition coefficient (Wildman–Crippen LogP) is 2.39. The van der Waals surface area contributed by atoms with Crippen LogP contribution in [0.5, 0.6) is 0 Å². The van der Waals surface area contributed by atoms with Crippen LogP contribution in [0.15, 0.2) is 12.1 Å². The van der Waals surface area contributed by atoms with Crippen LogP contribution in [0.1, 0.15) is 34.3 Å². The Morgan fingerprint density at radius 1 is 1.37 bits per heavy atom. The average molecular weight is 299 g/mol. The van der Waals surface area contributed by atoms with Gasteiger partial charge in [-0.15, -0.1) is 11.3 Å². The van der Waals surface area contributed by atoms with E-state index in [1.807, 2.05) is 13.0 Å². The first kappa shape index (κ1) is 14.4. The van der Waals surface area contributed by atoms with Crippen LogP contribution in [0.25, 0.3) is 0 Å². The highest BCUT2D eigenvalue weighted by Gasteiger charge is 2.41. The Labute approximate surface area is 120 Å². The molecule has 6 heteroatoms. The molecule has 0 unspecified atom stereocenters. The van der Waals surface area contributed by atoms with Crippen molar-refractivity contribution in [1.82, 2.24) is 5.32 Å². The number of aryl methyl sites for hydroxylation is 1. The highest BCUT2D eigenvalue weighted by molar-refractivity contribution is 7.99. The number of aliphatic carboxylic acids is 1. The fourth-order valence-corrected chi connectivity index (χ4v) is 4.11.